The van der Waals surface area contributed by atoms with E-state index in [0.717, 1.165) is 12.1 Å². The molecule has 0 bridgehead atoms. The Balaban J connectivity index is 2.48. The molecule has 0 spiro atoms. The van der Waals surface area contributed by atoms with Crippen molar-refractivity contribution in [2.45, 2.75) is 13.8 Å². The Morgan fingerprint density at radius 2 is 1.71 bits per heavy atom. The summed E-state index contributed by atoms with van der Waals surface area (Å²) in [6.45, 7) is 2.88. The van der Waals surface area contributed by atoms with Crippen LogP contribution >= 0.6 is 11.6 Å². The smallest absolute Gasteiger partial charge is 0.281 e. The Bertz CT molecular complexity index is 841. The van der Waals surface area contributed by atoms with Crippen molar-refractivity contribution in [3.8, 4) is 0 Å². The summed E-state index contributed by atoms with van der Waals surface area (Å²) in [4.78, 5) is 32.9. The molecule has 0 saturated heterocycles. The maximum atomic E-state index is 12.3. The molecule has 24 heavy (non-hydrogen) atoms. The van der Waals surface area contributed by atoms with Gasteiger partial charge >= 0.3 is 0 Å². The van der Waals surface area contributed by atoms with E-state index in [1.807, 2.05) is 0 Å². The molecule has 1 heterocycles. The molecule has 0 fully saturated rings. The van der Waals surface area contributed by atoms with Crippen molar-refractivity contribution in [1.29, 1.82) is 0 Å². The molecule has 2 aromatic rings. The zero-order valence-electron chi connectivity index (χ0n) is 12.9. The fourth-order valence-corrected chi connectivity index (χ4v) is 2.45. The summed E-state index contributed by atoms with van der Waals surface area (Å²) in [7, 11) is 1.51. The van der Waals surface area contributed by atoms with E-state index in [-0.39, 0.29) is 22.0 Å². The van der Waals surface area contributed by atoms with E-state index in [1.54, 1.807) is 6.92 Å². The van der Waals surface area contributed by atoms with Gasteiger partial charge in [0.25, 0.3) is 17.3 Å². The molecule has 0 aliphatic carbocycles. The predicted octanol–water partition coefficient (Wildman–Crippen LogP) is 2.76. The summed E-state index contributed by atoms with van der Waals surface area (Å²) >= 11 is 6.00. The van der Waals surface area contributed by atoms with Crippen LogP contribution in [0.25, 0.3) is 0 Å². The quantitative estimate of drug-likeness (QED) is 0.663. The van der Waals surface area contributed by atoms with Crippen LogP contribution < -0.4 is 5.32 Å². The van der Waals surface area contributed by atoms with E-state index >= 15 is 0 Å². The lowest BCUT2D eigenvalue weighted by molar-refractivity contribution is -0.395. The fourth-order valence-electron chi connectivity index (χ4n) is 2.20. The maximum absolute atomic E-state index is 12.3. The summed E-state index contributed by atoms with van der Waals surface area (Å²) in [5.74, 6) is -0.685. The van der Waals surface area contributed by atoms with Gasteiger partial charge in [-0.1, -0.05) is 11.6 Å². The number of hydrogen-bond acceptors (Lipinski definition) is 6. The number of anilines is 1. The van der Waals surface area contributed by atoms with Crippen LogP contribution in [0.15, 0.2) is 12.1 Å². The van der Waals surface area contributed by atoms with E-state index in [0.29, 0.717) is 5.69 Å². The molecule has 0 unspecified atom stereocenters. The summed E-state index contributed by atoms with van der Waals surface area (Å²) in [6.07, 6.45) is 0. The number of hydrogen-bond donors (Lipinski definition) is 1. The van der Waals surface area contributed by atoms with Crippen LogP contribution in [0.3, 0.4) is 0 Å². The van der Waals surface area contributed by atoms with Gasteiger partial charge in [-0.3, -0.25) is 29.7 Å². The lowest BCUT2D eigenvalue weighted by Gasteiger charge is -2.07. The SMILES string of the molecule is Cc1nn(C)c(C(=O)Nc2cc([N+](=O)[O-])c(C)c([N+](=O)[O-])c2)c1Cl. The third-order valence-corrected chi connectivity index (χ3v) is 3.82. The average molecular weight is 354 g/mol. The van der Waals surface area contributed by atoms with E-state index < -0.39 is 27.1 Å². The second kappa shape index (κ2) is 6.24. The fraction of sp³-hybridized carbons (Fsp3) is 0.231. The van der Waals surface area contributed by atoms with Gasteiger partial charge in [0.15, 0.2) is 0 Å². The number of amides is 1. The molecule has 1 amide bonds. The van der Waals surface area contributed by atoms with Crippen molar-refractivity contribution in [2.24, 2.45) is 7.05 Å². The number of rotatable bonds is 4. The summed E-state index contributed by atoms with van der Waals surface area (Å²) in [5.41, 5.74) is -0.639. The van der Waals surface area contributed by atoms with Crippen molar-refractivity contribution >= 4 is 34.6 Å². The number of nitro benzene ring substituents is 2. The summed E-state index contributed by atoms with van der Waals surface area (Å²) in [5, 5.41) is 28.6. The molecule has 0 aliphatic heterocycles. The van der Waals surface area contributed by atoms with Crippen LogP contribution in [-0.4, -0.2) is 25.5 Å². The van der Waals surface area contributed by atoms with Gasteiger partial charge in [-0.2, -0.15) is 5.10 Å². The number of aryl methyl sites for hydroxylation is 2. The first-order chi connectivity index (χ1) is 11.1. The summed E-state index contributed by atoms with van der Waals surface area (Å²) < 4.78 is 1.25. The Morgan fingerprint density at radius 3 is 2.08 bits per heavy atom. The van der Waals surface area contributed by atoms with Gasteiger partial charge in [0.05, 0.1) is 26.3 Å². The van der Waals surface area contributed by atoms with Crippen LogP contribution in [0.5, 0.6) is 0 Å². The Hall–Kier alpha value is -3.01. The molecule has 11 heteroatoms. The number of nitrogens with zero attached hydrogens (tertiary/aromatic N) is 4. The van der Waals surface area contributed by atoms with Gasteiger partial charge < -0.3 is 5.32 Å². The monoisotopic (exact) mass is 353 g/mol. The molecule has 1 aromatic heterocycles. The van der Waals surface area contributed by atoms with Gasteiger partial charge in [-0.05, 0) is 13.8 Å². The van der Waals surface area contributed by atoms with Crippen molar-refractivity contribution < 1.29 is 14.6 Å². The number of halogens is 1. The lowest BCUT2D eigenvalue weighted by Crippen LogP contribution is -2.17. The number of nitrogens with one attached hydrogen (secondary N) is 1. The predicted molar refractivity (Wildman–Crippen MR) is 85.4 cm³/mol. The van der Waals surface area contributed by atoms with Crippen LogP contribution in [0.4, 0.5) is 17.1 Å². The minimum Gasteiger partial charge on any atom is -0.320 e. The van der Waals surface area contributed by atoms with Crippen molar-refractivity contribution in [3.63, 3.8) is 0 Å². The highest BCUT2D eigenvalue weighted by atomic mass is 35.5. The van der Waals surface area contributed by atoms with Gasteiger partial charge in [0, 0.05) is 19.2 Å². The first-order valence-electron chi connectivity index (χ1n) is 6.57. The highest BCUT2D eigenvalue weighted by Crippen LogP contribution is 2.32. The number of nitro groups is 2. The van der Waals surface area contributed by atoms with Crippen LogP contribution in [0.2, 0.25) is 5.02 Å². The topological polar surface area (TPSA) is 133 Å². The molecule has 0 aliphatic rings. The van der Waals surface area contributed by atoms with Gasteiger partial charge in [0.1, 0.15) is 11.3 Å². The highest BCUT2D eigenvalue weighted by Gasteiger charge is 2.25. The minimum absolute atomic E-state index is 0.0417. The normalized spacial score (nSPS) is 10.5. The lowest BCUT2D eigenvalue weighted by atomic mass is 10.1. The Morgan fingerprint density at radius 1 is 1.21 bits per heavy atom. The third-order valence-electron chi connectivity index (χ3n) is 3.37. The largest absolute Gasteiger partial charge is 0.320 e. The Labute approximate surface area is 140 Å². The molecular weight excluding hydrogens is 342 g/mol. The third kappa shape index (κ3) is 3.04. The molecule has 1 aromatic carbocycles. The second-order valence-corrected chi connectivity index (χ2v) is 5.36. The number of benzene rings is 1. The van der Waals surface area contributed by atoms with E-state index in [4.69, 9.17) is 11.6 Å². The highest BCUT2D eigenvalue weighted by molar-refractivity contribution is 6.34. The Kier molecular flexibility index (Phi) is 4.51. The van der Waals surface area contributed by atoms with Crippen molar-refractivity contribution in [3.05, 3.63) is 54.3 Å². The van der Waals surface area contributed by atoms with Crippen LogP contribution in [0, 0.1) is 34.1 Å². The molecule has 2 rings (SSSR count). The molecule has 10 nitrogen and oxygen atoms in total. The van der Waals surface area contributed by atoms with E-state index in [2.05, 4.69) is 10.4 Å². The first kappa shape index (κ1) is 17.3. The molecule has 0 radical (unpaired) electrons. The number of carbonyl (C=O) groups is 1. The molecule has 0 saturated carbocycles. The summed E-state index contributed by atoms with van der Waals surface area (Å²) in [6, 6.07) is 2.11. The van der Waals surface area contributed by atoms with Gasteiger partial charge in [-0.15, -0.1) is 0 Å². The maximum Gasteiger partial charge on any atom is 0.281 e. The average Bonchev–Trinajstić information content (AvgIpc) is 2.73. The first-order valence-corrected chi connectivity index (χ1v) is 6.95. The molecular formula is C13H12ClN5O5. The molecule has 126 valence electrons. The second-order valence-electron chi connectivity index (χ2n) is 4.98. The number of aromatic nitrogens is 2. The van der Waals surface area contributed by atoms with Crippen LogP contribution in [0.1, 0.15) is 21.7 Å². The standard InChI is InChI=1S/C13H12ClN5O5/c1-6-9(18(21)22)4-8(5-10(6)19(23)24)15-13(20)12-11(14)7(2)16-17(12)3/h4-5H,1-3H3,(H,15,20). The van der Waals surface area contributed by atoms with Gasteiger partial charge in [-0.25, -0.2) is 0 Å². The van der Waals surface area contributed by atoms with Crippen molar-refractivity contribution in [2.75, 3.05) is 5.32 Å². The van der Waals surface area contributed by atoms with Crippen molar-refractivity contribution in [1.82, 2.24) is 9.78 Å². The zero-order valence-corrected chi connectivity index (χ0v) is 13.6. The minimum atomic E-state index is -0.751. The zero-order chi connectivity index (χ0) is 18.2. The van der Waals surface area contributed by atoms with E-state index in [1.165, 1.54) is 18.7 Å². The molecule has 1 N–H and O–H groups in total. The van der Waals surface area contributed by atoms with Crippen LogP contribution in [-0.2, 0) is 7.05 Å². The van der Waals surface area contributed by atoms with E-state index in [9.17, 15) is 25.0 Å². The van der Waals surface area contributed by atoms with Gasteiger partial charge in [0.2, 0.25) is 0 Å². The number of carbonyl (C=O) groups excluding carboxylic acids is 1. The molecule has 0 atom stereocenters.